The van der Waals surface area contributed by atoms with Crippen molar-refractivity contribution in [3.8, 4) is 11.5 Å². The first-order valence-electron chi connectivity index (χ1n) is 9.15. The predicted molar refractivity (Wildman–Crippen MR) is 108 cm³/mol. The van der Waals surface area contributed by atoms with Crippen LogP contribution in [0.1, 0.15) is 13.3 Å². The van der Waals surface area contributed by atoms with E-state index in [1.165, 1.54) is 4.90 Å². The van der Waals surface area contributed by atoms with E-state index in [0.29, 0.717) is 18.9 Å². The van der Waals surface area contributed by atoms with Crippen molar-refractivity contribution in [1.82, 2.24) is 20.4 Å². The molecule has 0 saturated carbocycles. The summed E-state index contributed by atoms with van der Waals surface area (Å²) in [6.45, 7) is 2.01. The van der Waals surface area contributed by atoms with E-state index in [1.807, 2.05) is 30.3 Å². The van der Waals surface area contributed by atoms with Crippen LogP contribution in [0.2, 0.25) is 0 Å². The van der Waals surface area contributed by atoms with Crippen LogP contribution in [0.4, 0.5) is 0 Å². The van der Waals surface area contributed by atoms with E-state index in [0.717, 1.165) is 17.3 Å². The Morgan fingerprint density at radius 3 is 2.69 bits per heavy atom. The third-order valence-electron chi connectivity index (χ3n) is 4.41. The molecule has 1 aromatic carbocycles. The minimum absolute atomic E-state index is 0.0461. The zero-order valence-corrected chi connectivity index (χ0v) is 17.5. The fraction of sp³-hybridized carbons (Fsp3) is 0.444. The Balaban J connectivity index is 1.48. The van der Waals surface area contributed by atoms with Crippen molar-refractivity contribution in [1.29, 1.82) is 0 Å². The number of carbonyl (C=O) groups excluding carboxylic acids is 2. The molecule has 1 unspecified atom stereocenters. The minimum atomic E-state index is -3.07. The molecule has 9 nitrogen and oxygen atoms in total. The van der Waals surface area contributed by atoms with Gasteiger partial charge in [-0.05, 0) is 25.5 Å². The van der Waals surface area contributed by atoms with Crippen LogP contribution < -0.4 is 5.32 Å². The highest BCUT2D eigenvalue weighted by molar-refractivity contribution is 7.99. The van der Waals surface area contributed by atoms with Gasteiger partial charge >= 0.3 is 0 Å². The van der Waals surface area contributed by atoms with Gasteiger partial charge in [-0.25, -0.2) is 8.42 Å². The first kappa shape index (κ1) is 21.3. The second-order valence-corrected chi connectivity index (χ2v) is 9.76. The molecule has 1 fully saturated rings. The number of nitrogens with one attached hydrogen (secondary N) is 1. The van der Waals surface area contributed by atoms with Crippen molar-refractivity contribution in [3.63, 3.8) is 0 Å². The fourth-order valence-corrected chi connectivity index (χ4v) is 5.25. The molecule has 1 aromatic heterocycles. The number of nitrogens with zero attached hydrogens (tertiary/aromatic N) is 3. The van der Waals surface area contributed by atoms with E-state index in [2.05, 4.69) is 15.5 Å². The van der Waals surface area contributed by atoms with E-state index in [1.54, 1.807) is 6.92 Å². The quantitative estimate of drug-likeness (QED) is 0.605. The molecule has 1 saturated heterocycles. The Kier molecular flexibility index (Phi) is 6.91. The third kappa shape index (κ3) is 6.04. The number of benzene rings is 1. The van der Waals surface area contributed by atoms with Crippen LogP contribution >= 0.6 is 11.8 Å². The summed E-state index contributed by atoms with van der Waals surface area (Å²) in [7, 11) is -3.07. The Morgan fingerprint density at radius 1 is 1.28 bits per heavy atom. The van der Waals surface area contributed by atoms with Crippen LogP contribution in [0.25, 0.3) is 11.5 Å². The lowest BCUT2D eigenvalue weighted by molar-refractivity contribution is -0.134. The van der Waals surface area contributed by atoms with Crippen LogP contribution in [0.15, 0.2) is 40.0 Å². The fourth-order valence-electron chi connectivity index (χ4n) is 2.91. The Hall–Kier alpha value is -2.40. The number of amides is 2. The lowest BCUT2D eigenvalue weighted by atomic mass is 10.2. The molecule has 156 valence electrons. The van der Waals surface area contributed by atoms with Gasteiger partial charge in [-0.15, -0.1) is 10.2 Å². The Labute approximate surface area is 173 Å². The van der Waals surface area contributed by atoms with E-state index < -0.39 is 9.84 Å². The third-order valence-corrected chi connectivity index (χ3v) is 6.98. The molecular formula is C18H22N4O5S2. The molecule has 3 rings (SSSR count). The number of likely N-dealkylation sites (N-methyl/N-ethyl adjacent to an activating group) is 1. The summed E-state index contributed by atoms with van der Waals surface area (Å²) in [5, 5.41) is 10.9. The largest absolute Gasteiger partial charge is 0.411 e. The van der Waals surface area contributed by atoms with Crippen molar-refractivity contribution in [2.45, 2.75) is 24.6 Å². The van der Waals surface area contributed by atoms with Crippen LogP contribution in [0, 0.1) is 0 Å². The number of thioether (sulfide) groups is 1. The van der Waals surface area contributed by atoms with Gasteiger partial charge in [-0.3, -0.25) is 9.59 Å². The topological polar surface area (TPSA) is 122 Å². The highest BCUT2D eigenvalue weighted by Gasteiger charge is 2.29. The first-order valence-corrected chi connectivity index (χ1v) is 12.0. The van der Waals surface area contributed by atoms with Crippen molar-refractivity contribution < 1.29 is 22.4 Å². The standard InChI is InChI=1S/C18H22N4O5S2/c1-2-22(10-15(23)19-14-8-9-29(25,26)12-14)16(24)11-28-18-21-20-17(27-18)13-6-4-3-5-7-13/h3-7,14H,2,8-12H2,1H3,(H,19,23). The molecule has 11 heteroatoms. The van der Waals surface area contributed by atoms with Crippen LogP contribution in [-0.4, -0.2) is 71.7 Å². The van der Waals surface area contributed by atoms with Crippen molar-refractivity contribution >= 4 is 33.4 Å². The number of aromatic nitrogens is 2. The van der Waals surface area contributed by atoms with E-state index in [9.17, 15) is 18.0 Å². The molecule has 0 radical (unpaired) electrons. The van der Waals surface area contributed by atoms with Crippen LogP contribution in [-0.2, 0) is 19.4 Å². The van der Waals surface area contributed by atoms with Gasteiger partial charge in [0.15, 0.2) is 9.84 Å². The molecule has 2 amide bonds. The van der Waals surface area contributed by atoms with Gasteiger partial charge < -0.3 is 14.6 Å². The molecule has 1 aliphatic heterocycles. The zero-order valence-electron chi connectivity index (χ0n) is 15.9. The monoisotopic (exact) mass is 438 g/mol. The van der Waals surface area contributed by atoms with E-state index in [-0.39, 0.29) is 46.9 Å². The van der Waals surface area contributed by atoms with Crippen LogP contribution in [0.3, 0.4) is 0 Å². The Morgan fingerprint density at radius 2 is 2.03 bits per heavy atom. The van der Waals surface area contributed by atoms with Gasteiger partial charge in [0.2, 0.25) is 17.7 Å². The van der Waals surface area contributed by atoms with Gasteiger partial charge in [-0.1, -0.05) is 30.0 Å². The van der Waals surface area contributed by atoms with Gasteiger partial charge in [-0.2, -0.15) is 0 Å². The smallest absolute Gasteiger partial charge is 0.277 e. The molecule has 29 heavy (non-hydrogen) atoms. The van der Waals surface area contributed by atoms with Gasteiger partial charge in [0.25, 0.3) is 5.22 Å². The van der Waals surface area contributed by atoms with Gasteiger partial charge in [0, 0.05) is 18.2 Å². The summed E-state index contributed by atoms with van der Waals surface area (Å²) >= 11 is 1.10. The summed E-state index contributed by atoms with van der Waals surface area (Å²) in [4.78, 5) is 26.0. The molecule has 1 aliphatic rings. The average Bonchev–Trinajstić information content (AvgIpc) is 3.31. The average molecular weight is 439 g/mol. The summed E-state index contributed by atoms with van der Waals surface area (Å²) in [6.07, 6.45) is 0.408. The molecule has 0 bridgehead atoms. The van der Waals surface area contributed by atoms with Crippen molar-refractivity contribution in [2.75, 3.05) is 30.3 Å². The summed E-state index contributed by atoms with van der Waals surface area (Å²) < 4.78 is 28.5. The normalized spacial score (nSPS) is 17.8. The van der Waals surface area contributed by atoms with E-state index in [4.69, 9.17) is 4.42 Å². The number of hydrogen-bond donors (Lipinski definition) is 1. The number of rotatable bonds is 8. The lowest BCUT2D eigenvalue weighted by Gasteiger charge is -2.21. The number of sulfone groups is 1. The number of carbonyl (C=O) groups is 2. The Bertz CT molecular complexity index is 962. The molecule has 0 aliphatic carbocycles. The highest BCUT2D eigenvalue weighted by Crippen LogP contribution is 2.23. The second-order valence-electron chi connectivity index (χ2n) is 6.60. The van der Waals surface area contributed by atoms with Crippen molar-refractivity contribution in [2.24, 2.45) is 0 Å². The lowest BCUT2D eigenvalue weighted by Crippen LogP contribution is -2.45. The maximum Gasteiger partial charge on any atom is 0.277 e. The molecular weight excluding hydrogens is 416 g/mol. The number of hydrogen-bond acceptors (Lipinski definition) is 8. The first-order chi connectivity index (χ1) is 13.9. The summed E-state index contributed by atoms with van der Waals surface area (Å²) in [6, 6.07) is 8.92. The van der Waals surface area contributed by atoms with Crippen LogP contribution in [0.5, 0.6) is 0 Å². The SMILES string of the molecule is CCN(CC(=O)NC1CCS(=O)(=O)C1)C(=O)CSc1nnc(-c2ccccc2)o1. The predicted octanol–water partition coefficient (Wildman–Crippen LogP) is 0.980. The molecule has 0 spiro atoms. The molecule has 2 heterocycles. The molecule has 2 aromatic rings. The maximum atomic E-state index is 12.4. The van der Waals surface area contributed by atoms with Gasteiger partial charge in [0.1, 0.15) is 0 Å². The van der Waals surface area contributed by atoms with Gasteiger partial charge in [0.05, 0.1) is 23.8 Å². The minimum Gasteiger partial charge on any atom is -0.411 e. The summed E-state index contributed by atoms with van der Waals surface area (Å²) in [5.74, 6) is -0.146. The second kappa shape index (κ2) is 9.40. The maximum absolute atomic E-state index is 12.4. The molecule has 1 N–H and O–H groups in total. The zero-order chi connectivity index (χ0) is 20.9. The van der Waals surface area contributed by atoms with Crippen molar-refractivity contribution in [3.05, 3.63) is 30.3 Å². The highest BCUT2D eigenvalue weighted by atomic mass is 32.2. The molecule has 1 atom stereocenters. The van der Waals surface area contributed by atoms with E-state index >= 15 is 0 Å². The summed E-state index contributed by atoms with van der Waals surface area (Å²) in [5.41, 5.74) is 0.791.